The molecule has 8 heteroatoms. The molecule has 198 valence electrons. The van der Waals surface area contributed by atoms with Crippen LogP contribution >= 0.6 is 0 Å². The van der Waals surface area contributed by atoms with E-state index in [0.717, 1.165) is 30.4 Å². The van der Waals surface area contributed by atoms with E-state index in [2.05, 4.69) is 53.8 Å². The number of nitrogens with one attached hydrogen (secondary N) is 3. The Labute approximate surface area is 223 Å². The van der Waals surface area contributed by atoms with E-state index in [1.165, 1.54) is 10.1 Å². The van der Waals surface area contributed by atoms with Crippen LogP contribution in [-0.2, 0) is 17.9 Å². The highest BCUT2D eigenvalue weighted by molar-refractivity contribution is 5.94. The molecule has 2 aliphatic rings. The van der Waals surface area contributed by atoms with Crippen LogP contribution in [0.1, 0.15) is 49.9 Å². The highest BCUT2D eigenvalue weighted by Gasteiger charge is 2.18. The van der Waals surface area contributed by atoms with E-state index in [1.54, 1.807) is 18.3 Å². The number of nitrogens with two attached hydrogens (primary N) is 1. The number of amidine groups is 1. The first-order valence-electron chi connectivity index (χ1n) is 13.1. The summed E-state index contributed by atoms with van der Waals surface area (Å²) in [6.07, 6.45) is 17.0. The molecule has 0 spiro atoms. The number of carbonyl (C=O) groups excluding carboxylic acids is 1. The number of hydrogen-bond donors (Lipinski definition) is 4. The fourth-order valence-corrected chi connectivity index (χ4v) is 4.54. The summed E-state index contributed by atoms with van der Waals surface area (Å²) in [5.41, 5.74) is 9.59. The summed E-state index contributed by atoms with van der Waals surface area (Å²) < 4.78 is 1.52. The first kappa shape index (κ1) is 26.9. The number of allylic oxidation sites excluding steroid dienone is 7. The van der Waals surface area contributed by atoms with Crippen molar-refractivity contribution in [3.05, 3.63) is 99.7 Å². The average Bonchev–Trinajstić information content (AvgIpc) is 2.91. The van der Waals surface area contributed by atoms with E-state index >= 15 is 0 Å². The number of amides is 1. The second-order valence-electron chi connectivity index (χ2n) is 10.1. The fourth-order valence-electron chi connectivity index (χ4n) is 4.54. The number of carbonyl (C=O) groups is 1. The van der Waals surface area contributed by atoms with Crippen molar-refractivity contribution in [2.45, 2.75) is 46.2 Å². The van der Waals surface area contributed by atoms with Gasteiger partial charge in [0.1, 0.15) is 12.4 Å². The number of rotatable bonds is 10. The van der Waals surface area contributed by atoms with E-state index < -0.39 is 0 Å². The molecule has 2 atom stereocenters. The fraction of sp³-hybridized carbons (Fsp3) is 0.333. The summed E-state index contributed by atoms with van der Waals surface area (Å²) in [6.45, 7) is 5.08. The topological polar surface area (TPSA) is 126 Å². The minimum atomic E-state index is -0.312. The lowest BCUT2D eigenvalue weighted by atomic mass is 9.94. The van der Waals surface area contributed by atoms with Gasteiger partial charge in [-0.2, -0.15) is 0 Å². The van der Waals surface area contributed by atoms with E-state index in [4.69, 9.17) is 11.1 Å². The molecular weight excluding hydrogens is 476 g/mol. The predicted molar refractivity (Wildman–Crippen MR) is 153 cm³/mol. The number of anilines is 1. The number of nitrogens with zero attached hydrogens (tertiary/aromatic N) is 2. The summed E-state index contributed by atoms with van der Waals surface area (Å²) in [7, 11) is 0. The summed E-state index contributed by atoms with van der Waals surface area (Å²) in [4.78, 5) is 30.9. The molecule has 0 saturated carbocycles. The standard InChI is InChI=1S/C30H36N6O2/c1-20-6-8-22(9-7-20)14-15-33-29-30(38)36(26(18-35-29)25-5-3-4-21(2)16-25)19-27(37)34-17-23-10-12-24(13-11-23)28(31)32/h3-6,8-13,18,20-21H,7,14-17,19H2,1-2H3,(H3,31,32)(H,33,35)(H,34,37). The third-order valence-electron chi connectivity index (χ3n) is 6.82. The molecular formula is C30H36N6O2. The molecule has 0 aliphatic heterocycles. The van der Waals surface area contributed by atoms with Gasteiger partial charge in [0.05, 0.1) is 11.9 Å². The quantitative estimate of drug-likeness (QED) is 0.281. The largest absolute Gasteiger partial charge is 0.384 e. The highest BCUT2D eigenvalue weighted by Crippen LogP contribution is 2.26. The van der Waals surface area contributed by atoms with Crippen molar-refractivity contribution in [3.8, 4) is 0 Å². The van der Waals surface area contributed by atoms with Crippen LogP contribution in [0.4, 0.5) is 5.82 Å². The lowest BCUT2D eigenvalue weighted by Gasteiger charge is -2.20. The second kappa shape index (κ2) is 12.4. The number of hydrogen-bond acceptors (Lipinski definition) is 5. The molecule has 1 aromatic heterocycles. The van der Waals surface area contributed by atoms with E-state index in [9.17, 15) is 9.59 Å². The average molecular weight is 513 g/mol. The Balaban J connectivity index is 1.49. The van der Waals surface area contributed by atoms with Gasteiger partial charge in [0.15, 0.2) is 5.82 Å². The van der Waals surface area contributed by atoms with Crippen LogP contribution in [0.5, 0.6) is 0 Å². The van der Waals surface area contributed by atoms with Gasteiger partial charge in [0, 0.05) is 18.7 Å². The molecule has 1 aromatic carbocycles. The first-order chi connectivity index (χ1) is 18.3. The number of benzene rings is 1. The van der Waals surface area contributed by atoms with Crippen molar-refractivity contribution >= 4 is 23.1 Å². The van der Waals surface area contributed by atoms with E-state index in [-0.39, 0.29) is 29.7 Å². The molecule has 0 radical (unpaired) electrons. The van der Waals surface area contributed by atoms with Gasteiger partial charge in [-0.15, -0.1) is 0 Å². The summed E-state index contributed by atoms with van der Waals surface area (Å²) in [5, 5.41) is 13.6. The minimum absolute atomic E-state index is 0.00250. The van der Waals surface area contributed by atoms with Gasteiger partial charge < -0.3 is 16.4 Å². The molecule has 0 fully saturated rings. The number of nitrogen functional groups attached to an aromatic ring is 1. The smallest absolute Gasteiger partial charge is 0.294 e. The lowest BCUT2D eigenvalue weighted by molar-refractivity contribution is -0.121. The van der Waals surface area contributed by atoms with Crippen molar-refractivity contribution in [2.75, 3.05) is 11.9 Å². The Bertz CT molecular complexity index is 1360. The van der Waals surface area contributed by atoms with Crippen molar-refractivity contribution in [3.63, 3.8) is 0 Å². The zero-order valence-corrected chi connectivity index (χ0v) is 22.0. The second-order valence-corrected chi connectivity index (χ2v) is 10.1. The molecule has 2 unspecified atom stereocenters. The molecule has 2 aliphatic carbocycles. The molecule has 8 nitrogen and oxygen atoms in total. The van der Waals surface area contributed by atoms with Crippen molar-refractivity contribution in [1.29, 1.82) is 5.41 Å². The summed E-state index contributed by atoms with van der Waals surface area (Å²) in [5.74, 6) is 0.869. The van der Waals surface area contributed by atoms with Crippen LogP contribution < -0.4 is 21.9 Å². The zero-order valence-electron chi connectivity index (χ0n) is 22.0. The molecule has 4 rings (SSSR count). The van der Waals surface area contributed by atoms with Gasteiger partial charge >= 0.3 is 0 Å². The lowest BCUT2D eigenvalue weighted by Crippen LogP contribution is -2.35. The minimum Gasteiger partial charge on any atom is -0.384 e. The first-order valence-corrected chi connectivity index (χ1v) is 13.1. The molecule has 38 heavy (non-hydrogen) atoms. The molecule has 0 bridgehead atoms. The maximum atomic E-state index is 13.5. The SMILES string of the molecule is CC1C=CC(CCNc2ncc(C3=CC=CC(C)C3)n(CC(=O)NCc3ccc(C(=N)N)cc3)c2=O)=CC1. The monoisotopic (exact) mass is 512 g/mol. The van der Waals surface area contributed by atoms with Crippen LogP contribution in [0, 0.1) is 17.2 Å². The van der Waals surface area contributed by atoms with Crippen LogP contribution in [0.3, 0.4) is 0 Å². The van der Waals surface area contributed by atoms with Crippen LogP contribution in [-0.4, -0.2) is 27.8 Å². The van der Waals surface area contributed by atoms with Gasteiger partial charge in [0.2, 0.25) is 5.91 Å². The van der Waals surface area contributed by atoms with Gasteiger partial charge in [0.25, 0.3) is 5.56 Å². The van der Waals surface area contributed by atoms with Gasteiger partial charge in [-0.1, -0.05) is 80.1 Å². The highest BCUT2D eigenvalue weighted by atomic mass is 16.2. The van der Waals surface area contributed by atoms with Crippen molar-refractivity contribution < 1.29 is 4.79 Å². The summed E-state index contributed by atoms with van der Waals surface area (Å²) >= 11 is 0. The van der Waals surface area contributed by atoms with Gasteiger partial charge in [-0.05, 0) is 42.2 Å². The molecule has 2 aromatic rings. The Kier molecular flexibility index (Phi) is 8.73. The van der Waals surface area contributed by atoms with Crippen LogP contribution in [0.25, 0.3) is 5.57 Å². The Morgan fingerprint density at radius 3 is 2.66 bits per heavy atom. The van der Waals surface area contributed by atoms with Gasteiger partial charge in [-0.3, -0.25) is 19.6 Å². The third-order valence-corrected chi connectivity index (χ3v) is 6.82. The third kappa shape index (κ3) is 6.97. The Hall–Kier alpha value is -4.20. The maximum Gasteiger partial charge on any atom is 0.294 e. The molecule has 5 N–H and O–H groups in total. The maximum absolute atomic E-state index is 13.5. The predicted octanol–water partition coefficient (Wildman–Crippen LogP) is 4.15. The van der Waals surface area contributed by atoms with E-state index in [1.807, 2.05) is 24.3 Å². The Morgan fingerprint density at radius 1 is 1.18 bits per heavy atom. The molecule has 1 heterocycles. The zero-order chi connectivity index (χ0) is 27.1. The number of aromatic nitrogens is 2. The van der Waals surface area contributed by atoms with Crippen LogP contribution in [0.2, 0.25) is 0 Å². The van der Waals surface area contributed by atoms with E-state index in [0.29, 0.717) is 36.2 Å². The molecule has 0 saturated heterocycles. The van der Waals surface area contributed by atoms with Crippen molar-refractivity contribution in [2.24, 2.45) is 17.6 Å². The molecule has 1 amide bonds. The van der Waals surface area contributed by atoms with Crippen molar-refractivity contribution in [1.82, 2.24) is 14.9 Å². The van der Waals surface area contributed by atoms with Crippen LogP contribution in [0.15, 0.2) is 77.3 Å². The summed E-state index contributed by atoms with van der Waals surface area (Å²) in [6, 6.07) is 7.14. The van der Waals surface area contributed by atoms with Gasteiger partial charge in [-0.25, -0.2) is 4.98 Å². The normalized spacial score (nSPS) is 18.5. The Morgan fingerprint density at radius 2 is 1.97 bits per heavy atom.